The Hall–Kier alpha value is -2.56. The lowest BCUT2D eigenvalue weighted by atomic mass is 9.95. The third-order valence-corrected chi connectivity index (χ3v) is 4.61. The molecule has 2 aromatic rings. The normalized spacial score (nSPS) is 14.8. The zero-order chi connectivity index (χ0) is 17.5. The maximum atomic E-state index is 12.4. The summed E-state index contributed by atoms with van der Waals surface area (Å²) in [4.78, 5) is 16.7. The first-order valence-corrected chi connectivity index (χ1v) is 8.88. The van der Waals surface area contributed by atoms with Gasteiger partial charge in [0.15, 0.2) is 0 Å². The summed E-state index contributed by atoms with van der Waals surface area (Å²) in [7, 11) is 1.63. The van der Waals surface area contributed by atoms with Crippen molar-refractivity contribution >= 4 is 11.6 Å². The van der Waals surface area contributed by atoms with Crippen molar-refractivity contribution in [3.8, 4) is 5.75 Å². The molecule has 1 saturated carbocycles. The van der Waals surface area contributed by atoms with Gasteiger partial charge in [0.25, 0.3) is 5.91 Å². The number of methoxy groups -OCH3 is 1. The molecule has 2 N–H and O–H groups in total. The highest BCUT2D eigenvalue weighted by atomic mass is 16.5. The van der Waals surface area contributed by atoms with Crippen molar-refractivity contribution in [2.24, 2.45) is 0 Å². The number of carbonyl (C=O) groups is 1. The SMILES string of the molecule is COc1ccccc1CNC(=O)c1cncc(NC2CCCCC2)c1. The van der Waals surface area contributed by atoms with Gasteiger partial charge in [0.2, 0.25) is 0 Å². The van der Waals surface area contributed by atoms with Gasteiger partial charge in [0.05, 0.1) is 18.4 Å². The van der Waals surface area contributed by atoms with E-state index in [4.69, 9.17) is 4.74 Å². The molecule has 0 spiro atoms. The Bertz CT molecular complexity index is 712. The number of benzene rings is 1. The molecule has 1 aliphatic rings. The van der Waals surface area contributed by atoms with Crippen LogP contribution in [0.4, 0.5) is 5.69 Å². The largest absolute Gasteiger partial charge is 0.496 e. The maximum Gasteiger partial charge on any atom is 0.253 e. The summed E-state index contributed by atoms with van der Waals surface area (Å²) in [6, 6.07) is 10.0. The molecular weight excluding hydrogens is 314 g/mol. The van der Waals surface area contributed by atoms with Crippen LogP contribution < -0.4 is 15.4 Å². The van der Waals surface area contributed by atoms with Crippen LogP contribution in [-0.2, 0) is 6.54 Å². The van der Waals surface area contributed by atoms with Crippen LogP contribution in [0.25, 0.3) is 0 Å². The minimum atomic E-state index is -0.134. The molecule has 1 aromatic heterocycles. The van der Waals surface area contributed by atoms with Crippen molar-refractivity contribution in [2.75, 3.05) is 12.4 Å². The fourth-order valence-electron chi connectivity index (χ4n) is 3.25. The number of nitrogens with zero attached hydrogens (tertiary/aromatic N) is 1. The number of carbonyl (C=O) groups excluding carboxylic acids is 1. The highest BCUT2D eigenvalue weighted by molar-refractivity contribution is 5.94. The first kappa shape index (κ1) is 17.3. The van der Waals surface area contributed by atoms with Crippen LogP contribution in [-0.4, -0.2) is 24.0 Å². The average molecular weight is 339 g/mol. The molecule has 1 aromatic carbocycles. The van der Waals surface area contributed by atoms with Crippen LogP contribution in [0.2, 0.25) is 0 Å². The second-order valence-corrected chi connectivity index (χ2v) is 6.44. The third-order valence-electron chi connectivity index (χ3n) is 4.61. The summed E-state index contributed by atoms with van der Waals surface area (Å²) >= 11 is 0. The Morgan fingerprint density at radius 1 is 1.20 bits per heavy atom. The van der Waals surface area contributed by atoms with Gasteiger partial charge in [-0.25, -0.2) is 0 Å². The lowest BCUT2D eigenvalue weighted by Crippen LogP contribution is -2.24. The molecule has 0 saturated heterocycles. The summed E-state index contributed by atoms with van der Waals surface area (Å²) in [6.07, 6.45) is 9.61. The van der Waals surface area contributed by atoms with E-state index < -0.39 is 0 Å². The maximum absolute atomic E-state index is 12.4. The highest BCUT2D eigenvalue weighted by Crippen LogP contribution is 2.22. The summed E-state index contributed by atoms with van der Waals surface area (Å²) in [6.45, 7) is 0.420. The van der Waals surface area contributed by atoms with Crippen molar-refractivity contribution in [2.45, 2.75) is 44.7 Å². The van der Waals surface area contributed by atoms with E-state index in [9.17, 15) is 4.79 Å². The van der Waals surface area contributed by atoms with Crippen LogP contribution in [0.15, 0.2) is 42.7 Å². The Morgan fingerprint density at radius 2 is 2.00 bits per heavy atom. The lowest BCUT2D eigenvalue weighted by Gasteiger charge is -2.23. The van der Waals surface area contributed by atoms with Crippen molar-refractivity contribution < 1.29 is 9.53 Å². The van der Waals surface area contributed by atoms with Gasteiger partial charge in [0, 0.05) is 30.5 Å². The summed E-state index contributed by atoms with van der Waals surface area (Å²) < 4.78 is 5.31. The number of ether oxygens (including phenoxy) is 1. The van der Waals surface area contributed by atoms with Crippen LogP contribution in [0.1, 0.15) is 48.0 Å². The number of amides is 1. The molecule has 0 radical (unpaired) electrons. The van der Waals surface area contributed by atoms with Crippen LogP contribution >= 0.6 is 0 Å². The predicted molar refractivity (Wildman–Crippen MR) is 98.9 cm³/mol. The summed E-state index contributed by atoms with van der Waals surface area (Å²) in [5, 5.41) is 6.44. The topological polar surface area (TPSA) is 63.2 Å². The van der Waals surface area contributed by atoms with Gasteiger partial charge in [0.1, 0.15) is 5.75 Å². The number of nitrogens with one attached hydrogen (secondary N) is 2. The number of aromatic nitrogens is 1. The van der Waals surface area contributed by atoms with Gasteiger partial charge in [-0.05, 0) is 25.0 Å². The zero-order valence-electron chi connectivity index (χ0n) is 14.6. The van der Waals surface area contributed by atoms with Crippen molar-refractivity contribution in [3.63, 3.8) is 0 Å². The van der Waals surface area contributed by atoms with Crippen LogP contribution in [0, 0.1) is 0 Å². The van der Waals surface area contributed by atoms with Gasteiger partial charge >= 0.3 is 0 Å². The number of para-hydroxylation sites is 1. The molecule has 25 heavy (non-hydrogen) atoms. The number of hydrogen-bond acceptors (Lipinski definition) is 4. The first-order valence-electron chi connectivity index (χ1n) is 8.88. The molecular formula is C20H25N3O2. The average Bonchev–Trinajstić information content (AvgIpc) is 2.67. The number of hydrogen-bond donors (Lipinski definition) is 2. The molecule has 0 unspecified atom stereocenters. The van der Waals surface area contributed by atoms with Gasteiger partial charge in [-0.3, -0.25) is 9.78 Å². The fraction of sp³-hybridized carbons (Fsp3) is 0.400. The van der Waals surface area contributed by atoms with Crippen LogP contribution in [0.3, 0.4) is 0 Å². The Labute approximate surface area is 148 Å². The molecule has 3 rings (SSSR count). The van der Waals surface area contributed by atoms with Crippen molar-refractivity contribution in [1.29, 1.82) is 0 Å². The van der Waals surface area contributed by atoms with Gasteiger partial charge in [-0.15, -0.1) is 0 Å². The number of rotatable bonds is 6. The number of pyridine rings is 1. The highest BCUT2D eigenvalue weighted by Gasteiger charge is 2.14. The zero-order valence-corrected chi connectivity index (χ0v) is 14.6. The van der Waals surface area contributed by atoms with E-state index in [2.05, 4.69) is 15.6 Å². The molecule has 0 aliphatic heterocycles. The second-order valence-electron chi connectivity index (χ2n) is 6.44. The molecule has 5 heteroatoms. The Morgan fingerprint density at radius 3 is 2.80 bits per heavy atom. The molecule has 132 valence electrons. The van der Waals surface area contributed by atoms with Crippen molar-refractivity contribution in [1.82, 2.24) is 10.3 Å². The van der Waals surface area contributed by atoms with Gasteiger partial charge in [-0.2, -0.15) is 0 Å². The van der Waals surface area contributed by atoms with Gasteiger partial charge < -0.3 is 15.4 Å². The van der Waals surface area contributed by atoms with E-state index in [0.717, 1.165) is 17.0 Å². The standard InChI is InChI=1S/C20H25N3O2/c1-25-19-10-6-5-7-15(19)13-22-20(24)16-11-18(14-21-12-16)23-17-8-3-2-4-9-17/h5-7,10-12,14,17,23H,2-4,8-9,13H2,1H3,(H,22,24). The monoisotopic (exact) mass is 339 g/mol. The van der Waals surface area contributed by atoms with E-state index in [1.807, 2.05) is 30.3 Å². The molecule has 1 fully saturated rings. The third kappa shape index (κ3) is 4.72. The minimum absolute atomic E-state index is 0.134. The van der Waals surface area contributed by atoms with E-state index in [-0.39, 0.29) is 5.91 Å². The Balaban J connectivity index is 1.61. The number of anilines is 1. The second kappa shape index (κ2) is 8.51. The quantitative estimate of drug-likeness (QED) is 0.841. The Kier molecular flexibility index (Phi) is 5.88. The molecule has 1 aliphatic carbocycles. The predicted octanol–water partition coefficient (Wildman–Crippen LogP) is 3.76. The molecule has 0 bridgehead atoms. The lowest BCUT2D eigenvalue weighted by molar-refractivity contribution is 0.0950. The van der Waals surface area contributed by atoms with Gasteiger partial charge in [-0.1, -0.05) is 37.5 Å². The summed E-state index contributed by atoms with van der Waals surface area (Å²) in [5.74, 6) is 0.638. The smallest absolute Gasteiger partial charge is 0.253 e. The van der Waals surface area contributed by atoms with E-state index in [1.54, 1.807) is 19.5 Å². The molecule has 1 amide bonds. The van der Waals surface area contributed by atoms with E-state index >= 15 is 0 Å². The van der Waals surface area contributed by atoms with E-state index in [1.165, 1.54) is 32.1 Å². The van der Waals surface area contributed by atoms with E-state index in [0.29, 0.717) is 18.2 Å². The molecule has 1 heterocycles. The minimum Gasteiger partial charge on any atom is -0.496 e. The van der Waals surface area contributed by atoms with Crippen LogP contribution in [0.5, 0.6) is 5.75 Å². The fourth-order valence-corrected chi connectivity index (χ4v) is 3.25. The summed E-state index contributed by atoms with van der Waals surface area (Å²) in [5.41, 5.74) is 2.43. The molecule has 0 atom stereocenters. The van der Waals surface area contributed by atoms with Crippen molar-refractivity contribution in [3.05, 3.63) is 53.9 Å². The first-order chi connectivity index (χ1) is 12.3. The molecule has 5 nitrogen and oxygen atoms in total.